The van der Waals surface area contributed by atoms with E-state index < -0.39 is 0 Å². The molecule has 4 aromatic rings. The molecule has 1 nitrogen and oxygen atoms in total. The van der Waals surface area contributed by atoms with Gasteiger partial charge in [0.2, 0.25) is 0 Å². The Bertz CT molecular complexity index is 968. The first kappa shape index (κ1) is 12.5. The minimum Gasteiger partial charge on any atom is -0.354 e. The van der Waals surface area contributed by atoms with Crippen molar-refractivity contribution in [1.29, 1.82) is 0 Å². The molecule has 1 heterocycles. The molecule has 0 fully saturated rings. The molecule has 0 amide bonds. The van der Waals surface area contributed by atoms with E-state index in [4.69, 9.17) is 0 Å². The van der Waals surface area contributed by atoms with Gasteiger partial charge in [-0.05, 0) is 39.9 Å². The van der Waals surface area contributed by atoms with Crippen molar-refractivity contribution in [1.82, 2.24) is 4.98 Å². The minimum absolute atomic E-state index is 0.177. The summed E-state index contributed by atoms with van der Waals surface area (Å²) in [6, 6.07) is 19.9. The predicted octanol–water partition coefficient (Wildman–Crippen LogP) is 5.77. The molecule has 0 spiro atoms. The maximum Gasteiger partial charge on any atom is 0.0471 e. The molecule has 1 N–H and O–H groups in total. The van der Waals surface area contributed by atoms with E-state index in [0.717, 1.165) is 0 Å². The standard InChI is InChI=1S/C20H19N/c1-20(2,3)15-8-9-16-17-10-13-6-4-5-7-14(13)11-18(17)21-19(16)12-15/h4-12,21H,1-3H3. The summed E-state index contributed by atoms with van der Waals surface area (Å²) in [5.41, 5.74) is 3.99. The van der Waals surface area contributed by atoms with Crippen molar-refractivity contribution >= 4 is 32.6 Å². The summed E-state index contributed by atoms with van der Waals surface area (Å²) in [4.78, 5) is 3.58. The van der Waals surface area contributed by atoms with E-state index in [0.29, 0.717) is 0 Å². The highest BCUT2D eigenvalue weighted by Crippen LogP contribution is 2.32. The van der Waals surface area contributed by atoms with Gasteiger partial charge in [-0.15, -0.1) is 0 Å². The van der Waals surface area contributed by atoms with E-state index in [1.807, 2.05) is 0 Å². The average molecular weight is 273 g/mol. The van der Waals surface area contributed by atoms with Crippen LogP contribution in [0.15, 0.2) is 54.6 Å². The van der Waals surface area contributed by atoms with Crippen molar-refractivity contribution < 1.29 is 0 Å². The molecule has 3 aromatic carbocycles. The first-order valence-corrected chi connectivity index (χ1v) is 7.47. The number of aromatic nitrogens is 1. The van der Waals surface area contributed by atoms with Gasteiger partial charge in [0.1, 0.15) is 0 Å². The van der Waals surface area contributed by atoms with Gasteiger partial charge in [-0.2, -0.15) is 0 Å². The SMILES string of the molecule is CC(C)(C)c1ccc2c(c1)[nH]c1cc3ccccc3cc12. The second-order valence-electron chi connectivity index (χ2n) is 6.88. The lowest BCUT2D eigenvalue weighted by Crippen LogP contribution is -2.10. The number of hydrogen-bond donors (Lipinski definition) is 1. The molecule has 0 saturated carbocycles. The highest BCUT2D eigenvalue weighted by molar-refractivity contribution is 6.12. The Morgan fingerprint density at radius 1 is 0.714 bits per heavy atom. The van der Waals surface area contributed by atoms with Crippen LogP contribution in [0.2, 0.25) is 0 Å². The monoisotopic (exact) mass is 273 g/mol. The molecule has 0 aliphatic carbocycles. The largest absolute Gasteiger partial charge is 0.354 e. The first-order chi connectivity index (χ1) is 10.0. The Labute approximate surface area is 124 Å². The van der Waals surface area contributed by atoms with E-state index in [-0.39, 0.29) is 5.41 Å². The average Bonchev–Trinajstić information content (AvgIpc) is 2.80. The Hall–Kier alpha value is -2.28. The van der Waals surface area contributed by atoms with Crippen LogP contribution in [-0.4, -0.2) is 4.98 Å². The molecule has 0 saturated heterocycles. The number of benzene rings is 3. The normalized spacial score (nSPS) is 12.5. The van der Waals surface area contributed by atoms with Gasteiger partial charge in [0.25, 0.3) is 0 Å². The summed E-state index contributed by atoms with van der Waals surface area (Å²) >= 11 is 0. The zero-order valence-corrected chi connectivity index (χ0v) is 12.7. The maximum absolute atomic E-state index is 3.58. The topological polar surface area (TPSA) is 15.8 Å². The number of nitrogens with one attached hydrogen (secondary N) is 1. The molecule has 0 bridgehead atoms. The fourth-order valence-electron chi connectivity index (χ4n) is 3.06. The van der Waals surface area contributed by atoms with Crippen LogP contribution in [0, 0.1) is 0 Å². The highest BCUT2D eigenvalue weighted by Gasteiger charge is 2.15. The molecule has 0 unspecified atom stereocenters. The van der Waals surface area contributed by atoms with Crippen LogP contribution in [0.1, 0.15) is 26.3 Å². The first-order valence-electron chi connectivity index (χ1n) is 7.47. The van der Waals surface area contributed by atoms with Crippen molar-refractivity contribution in [3.05, 3.63) is 60.2 Å². The van der Waals surface area contributed by atoms with Crippen LogP contribution in [0.25, 0.3) is 32.6 Å². The van der Waals surface area contributed by atoms with E-state index in [1.54, 1.807) is 0 Å². The van der Waals surface area contributed by atoms with Gasteiger partial charge in [-0.25, -0.2) is 0 Å². The lowest BCUT2D eigenvalue weighted by Gasteiger charge is -2.18. The predicted molar refractivity (Wildman–Crippen MR) is 92.0 cm³/mol. The van der Waals surface area contributed by atoms with Gasteiger partial charge in [0.15, 0.2) is 0 Å². The summed E-state index contributed by atoms with van der Waals surface area (Å²) in [6.07, 6.45) is 0. The van der Waals surface area contributed by atoms with E-state index in [9.17, 15) is 0 Å². The molecule has 0 aliphatic heterocycles. The molecule has 104 valence electrons. The van der Waals surface area contributed by atoms with Crippen LogP contribution >= 0.6 is 0 Å². The van der Waals surface area contributed by atoms with Crippen molar-refractivity contribution in [2.75, 3.05) is 0 Å². The number of rotatable bonds is 0. The molecule has 21 heavy (non-hydrogen) atoms. The second-order valence-corrected chi connectivity index (χ2v) is 6.88. The number of H-pyrrole nitrogens is 1. The lowest BCUT2D eigenvalue weighted by molar-refractivity contribution is 0.591. The van der Waals surface area contributed by atoms with Gasteiger partial charge in [-0.1, -0.05) is 57.2 Å². The van der Waals surface area contributed by atoms with Crippen LogP contribution in [0.5, 0.6) is 0 Å². The maximum atomic E-state index is 3.58. The smallest absolute Gasteiger partial charge is 0.0471 e. The molecular weight excluding hydrogens is 254 g/mol. The molecular formula is C20H19N. The molecule has 1 aromatic heterocycles. The van der Waals surface area contributed by atoms with Crippen LogP contribution in [0.3, 0.4) is 0 Å². The third-order valence-corrected chi connectivity index (χ3v) is 4.33. The quantitative estimate of drug-likeness (QED) is 0.418. The second kappa shape index (κ2) is 4.11. The van der Waals surface area contributed by atoms with E-state index in [1.165, 1.54) is 38.1 Å². The summed E-state index contributed by atoms with van der Waals surface area (Å²) in [6.45, 7) is 6.77. The van der Waals surface area contributed by atoms with Crippen molar-refractivity contribution in [3.8, 4) is 0 Å². The van der Waals surface area contributed by atoms with Gasteiger partial charge >= 0.3 is 0 Å². The van der Waals surface area contributed by atoms with Crippen LogP contribution in [-0.2, 0) is 5.41 Å². The fraction of sp³-hybridized carbons (Fsp3) is 0.200. The number of aromatic amines is 1. The Balaban J connectivity index is 2.07. The van der Waals surface area contributed by atoms with E-state index >= 15 is 0 Å². The van der Waals surface area contributed by atoms with Gasteiger partial charge in [-0.3, -0.25) is 0 Å². The third kappa shape index (κ3) is 1.92. The van der Waals surface area contributed by atoms with Gasteiger partial charge < -0.3 is 4.98 Å². The van der Waals surface area contributed by atoms with Crippen molar-refractivity contribution in [2.45, 2.75) is 26.2 Å². The fourth-order valence-corrected chi connectivity index (χ4v) is 3.06. The lowest BCUT2D eigenvalue weighted by atomic mass is 9.86. The van der Waals surface area contributed by atoms with E-state index in [2.05, 4.69) is 80.4 Å². The molecule has 1 heteroatoms. The third-order valence-electron chi connectivity index (χ3n) is 4.33. The van der Waals surface area contributed by atoms with Gasteiger partial charge in [0, 0.05) is 21.8 Å². The summed E-state index contributed by atoms with van der Waals surface area (Å²) < 4.78 is 0. The zero-order chi connectivity index (χ0) is 14.6. The van der Waals surface area contributed by atoms with Gasteiger partial charge in [0.05, 0.1) is 0 Å². The summed E-state index contributed by atoms with van der Waals surface area (Å²) in [7, 11) is 0. The van der Waals surface area contributed by atoms with Crippen molar-refractivity contribution in [3.63, 3.8) is 0 Å². The number of fused-ring (bicyclic) bond motifs is 4. The Morgan fingerprint density at radius 2 is 1.38 bits per heavy atom. The zero-order valence-electron chi connectivity index (χ0n) is 12.7. The Morgan fingerprint density at radius 3 is 2.10 bits per heavy atom. The minimum atomic E-state index is 0.177. The summed E-state index contributed by atoms with van der Waals surface area (Å²) in [5.74, 6) is 0. The molecule has 0 aliphatic rings. The molecule has 0 atom stereocenters. The van der Waals surface area contributed by atoms with Crippen molar-refractivity contribution in [2.24, 2.45) is 0 Å². The van der Waals surface area contributed by atoms with Crippen LogP contribution in [0.4, 0.5) is 0 Å². The highest BCUT2D eigenvalue weighted by atomic mass is 14.7. The molecule has 4 rings (SSSR count). The molecule has 0 radical (unpaired) electrons. The Kier molecular flexibility index (Phi) is 2.44. The number of hydrogen-bond acceptors (Lipinski definition) is 0. The summed E-state index contributed by atoms with van der Waals surface area (Å²) in [5, 5.41) is 5.20. The van der Waals surface area contributed by atoms with Crippen LogP contribution < -0.4 is 0 Å².